The van der Waals surface area contributed by atoms with Crippen molar-refractivity contribution in [3.63, 3.8) is 0 Å². The number of piperidine rings is 1. The molecule has 1 aliphatic rings. The number of amides is 1. The number of carbonyl (C=O) groups excluding carboxylic acids is 1. The molecule has 1 aromatic heterocycles. The highest BCUT2D eigenvalue weighted by molar-refractivity contribution is 7.14. The van der Waals surface area contributed by atoms with E-state index in [9.17, 15) is 4.79 Å². The average molecular weight is 307 g/mol. The minimum atomic E-state index is 0.0594. The summed E-state index contributed by atoms with van der Waals surface area (Å²) in [4.78, 5) is 15.9. The molecule has 5 heteroatoms. The Balaban J connectivity index is 2.02. The molecule has 0 saturated carbocycles. The van der Waals surface area contributed by atoms with Crippen LogP contribution in [0.4, 0.5) is 0 Å². The lowest BCUT2D eigenvalue weighted by Gasteiger charge is -2.36. The Bertz CT molecular complexity index is 543. The van der Waals surface area contributed by atoms with E-state index in [1.807, 2.05) is 17.0 Å². The molecular formula is C16H21NO3S. The van der Waals surface area contributed by atoms with Crippen LogP contribution in [0.1, 0.15) is 34.3 Å². The second-order valence-electron chi connectivity index (χ2n) is 5.23. The molecular weight excluding hydrogens is 286 g/mol. The van der Waals surface area contributed by atoms with Crippen LogP contribution in [0.5, 0.6) is 0 Å². The van der Waals surface area contributed by atoms with Gasteiger partial charge >= 0.3 is 0 Å². The standard InChI is InChI=1S/C16H21NO3S/c1-12-8-9-17(11-14(12)20-2)16(19)15-7-6-13(21-15)5-3-4-10-18/h6-7,12,14,18H,4,8-11H2,1-2H3. The van der Waals surface area contributed by atoms with Gasteiger partial charge in [0.1, 0.15) is 0 Å². The number of hydrogen-bond donors (Lipinski definition) is 1. The summed E-state index contributed by atoms with van der Waals surface area (Å²) in [6.45, 7) is 3.66. The number of ether oxygens (including phenoxy) is 1. The van der Waals surface area contributed by atoms with Crippen molar-refractivity contribution in [1.29, 1.82) is 0 Å². The first kappa shape index (κ1) is 16.0. The van der Waals surface area contributed by atoms with Crippen LogP contribution < -0.4 is 0 Å². The first-order valence-corrected chi connectivity index (χ1v) is 7.99. The summed E-state index contributed by atoms with van der Waals surface area (Å²) in [5, 5.41) is 8.71. The van der Waals surface area contributed by atoms with Gasteiger partial charge in [0.05, 0.1) is 22.5 Å². The number of hydrogen-bond acceptors (Lipinski definition) is 4. The van der Waals surface area contributed by atoms with Crippen molar-refractivity contribution in [1.82, 2.24) is 4.90 Å². The van der Waals surface area contributed by atoms with Crippen molar-refractivity contribution >= 4 is 17.2 Å². The molecule has 2 rings (SSSR count). The van der Waals surface area contributed by atoms with E-state index in [-0.39, 0.29) is 18.6 Å². The summed E-state index contributed by atoms with van der Waals surface area (Å²) in [5.74, 6) is 6.38. The van der Waals surface area contributed by atoms with E-state index in [0.717, 1.165) is 17.8 Å². The molecule has 2 heterocycles. The molecule has 0 aromatic carbocycles. The highest BCUT2D eigenvalue weighted by atomic mass is 32.1. The van der Waals surface area contributed by atoms with Crippen LogP contribution in [0, 0.1) is 17.8 Å². The van der Waals surface area contributed by atoms with Crippen molar-refractivity contribution in [2.45, 2.75) is 25.9 Å². The minimum absolute atomic E-state index is 0.0594. The van der Waals surface area contributed by atoms with Gasteiger partial charge in [0.2, 0.25) is 0 Å². The van der Waals surface area contributed by atoms with Crippen molar-refractivity contribution < 1.29 is 14.6 Å². The summed E-state index contributed by atoms with van der Waals surface area (Å²) in [5.41, 5.74) is 0. The lowest BCUT2D eigenvalue weighted by molar-refractivity contribution is -0.00138. The molecule has 1 aliphatic heterocycles. The highest BCUT2D eigenvalue weighted by Crippen LogP contribution is 2.23. The molecule has 1 fully saturated rings. The second-order valence-corrected chi connectivity index (χ2v) is 6.31. The van der Waals surface area contributed by atoms with E-state index >= 15 is 0 Å². The molecule has 0 bridgehead atoms. The molecule has 1 N–H and O–H groups in total. The van der Waals surface area contributed by atoms with Crippen LogP contribution in [0.2, 0.25) is 0 Å². The Morgan fingerprint density at radius 2 is 2.38 bits per heavy atom. The summed E-state index contributed by atoms with van der Waals surface area (Å²) < 4.78 is 5.45. The summed E-state index contributed by atoms with van der Waals surface area (Å²) in [6.07, 6.45) is 1.55. The van der Waals surface area contributed by atoms with Gasteiger partial charge in [-0.1, -0.05) is 18.8 Å². The normalized spacial score (nSPS) is 21.8. The molecule has 1 aromatic rings. The fourth-order valence-corrected chi connectivity index (χ4v) is 3.26. The molecule has 4 nitrogen and oxygen atoms in total. The first-order valence-electron chi connectivity index (χ1n) is 7.17. The van der Waals surface area contributed by atoms with E-state index in [2.05, 4.69) is 18.8 Å². The minimum Gasteiger partial charge on any atom is -0.395 e. The fraction of sp³-hybridized carbons (Fsp3) is 0.562. The highest BCUT2D eigenvalue weighted by Gasteiger charge is 2.29. The maximum Gasteiger partial charge on any atom is 0.264 e. The van der Waals surface area contributed by atoms with Gasteiger partial charge in [0.15, 0.2) is 0 Å². The molecule has 2 atom stereocenters. The fourth-order valence-electron chi connectivity index (χ4n) is 2.41. The van der Waals surface area contributed by atoms with E-state index in [1.165, 1.54) is 11.3 Å². The van der Waals surface area contributed by atoms with Gasteiger partial charge < -0.3 is 14.7 Å². The molecule has 114 valence electrons. The van der Waals surface area contributed by atoms with Crippen LogP contribution in [0.3, 0.4) is 0 Å². The van der Waals surface area contributed by atoms with Crippen molar-refractivity contribution in [3.05, 3.63) is 21.9 Å². The maximum absolute atomic E-state index is 12.5. The predicted molar refractivity (Wildman–Crippen MR) is 83.4 cm³/mol. The van der Waals surface area contributed by atoms with Crippen LogP contribution >= 0.6 is 11.3 Å². The number of rotatable bonds is 3. The topological polar surface area (TPSA) is 49.8 Å². The molecule has 1 saturated heterocycles. The summed E-state index contributed by atoms with van der Waals surface area (Å²) in [6, 6.07) is 3.69. The Morgan fingerprint density at radius 3 is 3.10 bits per heavy atom. The number of likely N-dealkylation sites (tertiary alicyclic amines) is 1. The Morgan fingerprint density at radius 1 is 1.57 bits per heavy atom. The number of carbonyl (C=O) groups is 1. The SMILES string of the molecule is COC1CN(C(=O)c2ccc(C#CCCO)s2)CCC1C. The van der Waals surface area contributed by atoms with E-state index < -0.39 is 0 Å². The van der Waals surface area contributed by atoms with Gasteiger partial charge in [-0.25, -0.2) is 0 Å². The lowest BCUT2D eigenvalue weighted by atomic mass is 9.96. The Hall–Kier alpha value is -1.35. The van der Waals surface area contributed by atoms with Crippen molar-refractivity contribution in [2.24, 2.45) is 5.92 Å². The van der Waals surface area contributed by atoms with Crippen LogP contribution in [0.25, 0.3) is 0 Å². The zero-order valence-corrected chi connectivity index (χ0v) is 13.3. The van der Waals surface area contributed by atoms with E-state index in [1.54, 1.807) is 7.11 Å². The second kappa shape index (κ2) is 7.60. The van der Waals surface area contributed by atoms with Gasteiger partial charge in [-0.2, -0.15) is 0 Å². The maximum atomic E-state index is 12.5. The average Bonchev–Trinajstić information content (AvgIpc) is 2.96. The van der Waals surface area contributed by atoms with Crippen LogP contribution in [-0.2, 0) is 4.74 Å². The number of aliphatic hydroxyl groups excluding tert-OH is 1. The Kier molecular flexibility index (Phi) is 5.80. The van der Waals surface area contributed by atoms with E-state index in [0.29, 0.717) is 23.8 Å². The molecule has 0 radical (unpaired) electrons. The third kappa shape index (κ3) is 4.07. The van der Waals surface area contributed by atoms with Gasteiger partial charge in [0, 0.05) is 26.6 Å². The third-order valence-corrected chi connectivity index (χ3v) is 4.73. The molecule has 0 aliphatic carbocycles. The third-order valence-electron chi connectivity index (χ3n) is 3.74. The quantitative estimate of drug-likeness (QED) is 0.869. The van der Waals surface area contributed by atoms with Crippen molar-refractivity contribution in [3.8, 4) is 11.8 Å². The number of methoxy groups -OCH3 is 1. The first-order chi connectivity index (χ1) is 10.2. The number of nitrogens with zero attached hydrogens (tertiary/aromatic N) is 1. The lowest BCUT2D eigenvalue weighted by Crippen LogP contribution is -2.46. The van der Waals surface area contributed by atoms with Crippen LogP contribution in [-0.4, -0.2) is 48.8 Å². The zero-order valence-electron chi connectivity index (χ0n) is 12.5. The predicted octanol–water partition coefficient (Wildman–Crippen LogP) is 1.98. The van der Waals surface area contributed by atoms with Gasteiger partial charge in [-0.3, -0.25) is 4.79 Å². The monoisotopic (exact) mass is 307 g/mol. The smallest absolute Gasteiger partial charge is 0.264 e. The molecule has 21 heavy (non-hydrogen) atoms. The molecule has 2 unspecified atom stereocenters. The summed E-state index contributed by atoms with van der Waals surface area (Å²) >= 11 is 1.41. The Labute approximate surface area is 129 Å². The van der Waals surface area contributed by atoms with Gasteiger partial charge in [0.25, 0.3) is 5.91 Å². The molecule has 1 amide bonds. The van der Waals surface area contributed by atoms with Crippen molar-refractivity contribution in [2.75, 3.05) is 26.8 Å². The largest absolute Gasteiger partial charge is 0.395 e. The summed E-state index contributed by atoms with van der Waals surface area (Å²) in [7, 11) is 1.70. The molecule has 0 spiro atoms. The van der Waals surface area contributed by atoms with Gasteiger partial charge in [-0.05, 0) is 24.5 Å². The zero-order chi connectivity index (χ0) is 15.2. The van der Waals surface area contributed by atoms with Crippen LogP contribution in [0.15, 0.2) is 12.1 Å². The number of aliphatic hydroxyl groups is 1. The van der Waals surface area contributed by atoms with Gasteiger partial charge in [-0.15, -0.1) is 11.3 Å². The number of thiophene rings is 1. The van der Waals surface area contributed by atoms with E-state index in [4.69, 9.17) is 9.84 Å².